The maximum Gasteiger partial charge on any atom is 0.280 e. The van der Waals surface area contributed by atoms with Gasteiger partial charge < -0.3 is 19.5 Å². The Morgan fingerprint density at radius 1 is 0.853 bits per heavy atom. The highest BCUT2D eigenvalue weighted by molar-refractivity contribution is 6.90. The van der Waals surface area contributed by atoms with Crippen LogP contribution in [0.5, 0.6) is 11.6 Å². The first-order chi connectivity index (χ1) is 33.1. The van der Waals surface area contributed by atoms with Gasteiger partial charge in [-0.2, -0.15) is 5.26 Å². The van der Waals surface area contributed by atoms with E-state index >= 15 is 0 Å². The number of ketones is 5. The maximum absolute atomic E-state index is 11.9. The molecule has 0 radical (unpaired) electrons. The molecule has 4 aromatic rings. The van der Waals surface area contributed by atoms with Gasteiger partial charge in [-0.05, 0) is 73.6 Å². The molecule has 1 saturated heterocycles. The summed E-state index contributed by atoms with van der Waals surface area (Å²) in [6.07, 6.45) is 22.0. The number of carbonyl (C=O) groups excluding carboxylic acids is 6. The molecular weight excluding hydrogens is 875 g/mol. The number of nitrogens with one attached hydrogen (secondary N) is 1. The summed E-state index contributed by atoms with van der Waals surface area (Å²) in [5.74, 6) is -6.33. The second kappa shape index (κ2) is 26.7. The van der Waals surface area contributed by atoms with E-state index in [1.807, 2.05) is 29.9 Å². The highest BCUT2D eigenvalue weighted by Gasteiger charge is 2.32. The highest BCUT2D eigenvalue weighted by Crippen LogP contribution is 2.35. The maximum atomic E-state index is 11.9. The minimum atomic E-state index is -1.77. The van der Waals surface area contributed by atoms with Crippen molar-refractivity contribution in [3.8, 4) is 28.8 Å². The summed E-state index contributed by atoms with van der Waals surface area (Å²) in [5, 5.41) is 29.3. The molecule has 1 unspecified atom stereocenters. The van der Waals surface area contributed by atoms with E-state index in [9.17, 15) is 34.0 Å². The first-order valence-corrected chi connectivity index (χ1v) is 23.8. The van der Waals surface area contributed by atoms with E-state index in [4.69, 9.17) is 19.3 Å². The normalized spacial score (nSPS) is 16.6. The van der Waals surface area contributed by atoms with E-state index in [1.165, 1.54) is 6.33 Å². The second-order valence-electron chi connectivity index (χ2n) is 17.4. The number of rotatable bonds is 30. The van der Waals surface area contributed by atoms with Crippen molar-refractivity contribution in [1.82, 2.24) is 44.9 Å². The molecule has 6 rings (SSSR count). The fourth-order valence-electron chi connectivity index (χ4n) is 8.55. The van der Waals surface area contributed by atoms with Crippen LogP contribution in [0, 0.1) is 11.3 Å². The number of hydrogen-bond donors (Lipinski definition) is 1. The van der Waals surface area contributed by atoms with E-state index in [0.717, 1.165) is 127 Å². The lowest BCUT2D eigenvalue weighted by Crippen LogP contribution is -2.45. The van der Waals surface area contributed by atoms with Gasteiger partial charge >= 0.3 is 0 Å². The molecule has 1 atom stereocenters. The van der Waals surface area contributed by atoms with E-state index in [1.54, 1.807) is 23.1 Å². The van der Waals surface area contributed by atoms with Gasteiger partial charge in [-0.15, -0.1) is 10.2 Å². The molecule has 1 aliphatic heterocycles. The quantitative estimate of drug-likeness (QED) is 0.0284. The first kappa shape index (κ1) is 50.8. The zero-order chi connectivity index (χ0) is 48.1. The number of unbranched alkanes of at least 4 members (excludes halogenated alkanes) is 11. The summed E-state index contributed by atoms with van der Waals surface area (Å²) in [6.45, 7) is 6.40. The molecule has 68 heavy (non-hydrogen) atoms. The summed E-state index contributed by atoms with van der Waals surface area (Å²) in [5.41, 5.74) is 2.67. The van der Waals surface area contributed by atoms with Crippen LogP contribution in [0.15, 0.2) is 43.1 Å². The summed E-state index contributed by atoms with van der Waals surface area (Å²) in [6, 6.07) is 8.41. The predicted octanol–water partition coefficient (Wildman–Crippen LogP) is 5.72. The number of morpholine rings is 1. The minimum Gasteiger partial charge on any atom is -0.487 e. The van der Waals surface area contributed by atoms with Crippen molar-refractivity contribution in [2.24, 2.45) is 0 Å². The van der Waals surface area contributed by atoms with Crippen LogP contribution < -0.4 is 14.8 Å². The third kappa shape index (κ3) is 15.2. The lowest BCUT2D eigenvalue weighted by molar-refractivity contribution is -0.151. The predicted molar refractivity (Wildman–Crippen MR) is 246 cm³/mol. The smallest absolute Gasteiger partial charge is 0.280 e. The van der Waals surface area contributed by atoms with E-state index in [2.05, 4.69) is 41.8 Å². The van der Waals surface area contributed by atoms with Gasteiger partial charge in [-0.1, -0.05) is 70.3 Å². The van der Waals surface area contributed by atoms with Gasteiger partial charge in [0.15, 0.2) is 6.29 Å². The van der Waals surface area contributed by atoms with Crippen LogP contribution in [-0.2, 0) is 40.0 Å². The van der Waals surface area contributed by atoms with Crippen LogP contribution in [0.25, 0.3) is 11.1 Å². The summed E-state index contributed by atoms with van der Waals surface area (Å²) in [7, 11) is 0. The summed E-state index contributed by atoms with van der Waals surface area (Å²) in [4.78, 5) is 79.9. The number of nitriles is 1. The van der Waals surface area contributed by atoms with Gasteiger partial charge in [0.2, 0.25) is 11.7 Å². The van der Waals surface area contributed by atoms with Crippen molar-refractivity contribution in [1.29, 1.82) is 5.26 Å². The molecule has 0 bridgehead atoms. The van der Waals surface area contributed by atoms with Crippen LogP contribution in [0.4, 0.5) is 11.6 Å². The molecule has 1 saturated carbocycles. The number of carbonyl (C=O) groups is 6. The fraction of sp³-hybridized carbons (Fsp3) is 0.562. The van der Waals surface area contributed by atoms with Gasteiger partial charge in [0.05, 0.1) is 44.2 Å². The van der Waals surface area contributed by atoms with Crippen LogP contribution in [0.2, 0.25) is 0 Å². The molecule has 1 aliphatic carbocycles. The molecule has 20 heteroatoms. The number of nitrogens with zero attached hydrogens (tertiary/aromatic N) is 10. The zero-order valence-electron chi connectivity index (χ0n) is 38.8. The Bertz CT molecular complexity index is 2330. The SMILES string of the molecule is CC(Cn1cnnn1)Oc1cc(-c2cnc(Nc3cn(C4CCC(N5CCOCC5)CC4)nc3OCCCCCCCCCCCCCCC(=O)C(=O)C(=O)C(=O)C(=O)C=O)nc2)ccc1C#N. The fourth-order valence-corrected chi connectivity index (χ4v) is 8.55. The van der Waals surface area contributed by atoms with Gasteiger partial charge in [0, 0.05) is 43.5 Å². The monoisotopic (exact) mass is 935 g/mol. The molecule has 0 amide bonds. The minimum absolute atomic E-state index is 0.173. The lowest BCUT2D eigenvalue weighted by atomic mass is 9.90. The van der Waals surface area contributed by atoms with Crippen molar-refractivity contribution < 1.29 is 43.0 Å². The van der Waals surface area contributed by atoms with Crippen molar-refractivity contribution in [2.75, 3.05) is 38.2 Å². The topological polar surface area (TPSA) is 256 Å². The summed E-state index contributed by atoms with van der Waals surface area (Å²) < 4.78 is 21.7. The highest BCUT2D eigenvalue weighted by atomic mass is 16.5. The number of ether oxygens (including phenoxy) is 3. The molecule has 3 aromatic heterocycles. The van der Waals surface area contributed by atoms with Gasteiger partial charge in [0.25, 0.3) is 29.0 Å². The number of aromatic nitrogens is 8. The largest absolute Gasteiger partial charge is 0.487 e. The molecule has 362 valence electrons. The lowest BCUT2D eigenvalue weighted by Gasteiger charge is -2.38. The molecule has 2 fully saturated rings. The van der Waals surface area contributed by atoms with Crippen LogP contribution in [-0.4, -0.2) is 125 Å². The van der Waals surface area contributed by atoms with Crippen molar-refractivity contribution in [3.05, 3.63) is 48.7 Å². The Morgan fingerprint density at radius 3 is 2.13 bits per heavy atom. The Kier molecular flexibility index (Phi) is 19.9. The van der Waals surface area contributed by atoms with Gasteiger partial charge in [-0.3, -0.25) is 38.3 Å². The van der Waals surface area contributed by atoms with Gasteiger partial charge in [0.1, 0.15) is 29.9 Å². The Balaban J connectivity index is 0.930. The number of Topliss-reactive ketones (excluding diaryl/α,β-unsaturated/α-hetero) is 5. The molecule has 1 aromatic carbocycles. The van der Waals surface area contributed by atoms with Gasteiger partial charge in [-0.25, -0.2) is 14.6 Å². The number of aldehydes is 1. The number of tetrazole rings is 1. The van der Waals surface area contributed by atoms with E-state index < -0.39 is 28.9 Å². The molecule has 2 aliphatic rings. The molecule has 0 spiro atoms. The molecule has 20 nitrogen and oxygen atoms in total. The van der Waals surface area contributed by atoms with Crippen molar-refractivity contribution in [2.45, 2.75) is 141 Å². The summed E-state index contributed by atoms with van der Waals surface area (Å²) >= 11 is 0. The Morgan fingerprint density at radius 2 is 1.50 bits per heavy atom. The third-order valence-electron chi connectivity index (χ3n) is 12.3. The zero-order valence-corrected chi connectivity index (χ0v) is 38.8. The molecular formula is C48H61N11O9. The van der Waals surface area contributed by atoms with Crippen LogP contribution in [0.3, 0.4) is 0 Å². The van der Waals surface area contributed by atoms with Crippen LogP contribution in [0.1, 0.15) is 128 Å². The number of hydrogen-bond acceptors (Lipinski definition) is 18. The Labute approximate surface area is 395 Å². The standard InChI is InChI=1S/C48H61N11O9/c1-34(30-58-33-52-55-56-58)68-43-26-35(15-16-36(43)27-49)37-28-50-48(51-29-37)53-40-31-59(39-19-17-38(18-20-39)57-21-24-66-25-22-57)54-47(40)67-23-13-11-9-7-5-3-2-4-6-8-10-12-14-41(61)44(63)46(65)45(64)42(62)32-60/h15-16,26,28-29,31-34,38-39H,2-14,17-25,30H2,1H3,(H,50,51,53). The molecule has 1 N–H and O–H groups in total. The van der Waals surface area contributed by atoms with E-state index in [0.29, 0.717) is 60.9 Å². The third-order valence-corrected chi connectivity index (χ3v) is 12.3. The van der Waals surface area contributed by atoms with Crippen molar-refractivity contribution in [3.63, 3.8) is 0 Å². The number of benzene rings is 1. The first-order valence-electron chi connectivity index (χ1n) is 23.8. The Hall–Kier alpha value is -6.59. The molecule has 4 heterocycles. The number of anilines is 2. The van der Waals surface area contributed by atoms with E-state index in [-0.39, 0.29) is 24.9 Å². The average molecular weight is 936 g/mol. The van der Waals surface area contributed by atoms with Crippen molar-refractivity contribution >= 4 is 46.8 Å². The van der Waals surface area contributed by atoms with Crippen LogP contribution >= 0.6 is 0 Å². The average Bonchev–Trinajstić information content (AvgIpc) is 4.04. The second-order valence-corrected chi connectivity index (χ2v) is 17.4.